The number of nitrogens with zero attached hydrogens (tertiary/aromatic N) is 1. The van der Waals surface area contributed by atoms with Crippen LogP contribution >= 0.6 is 0 Å². The standard InChI is InChI=1S/C28H31NO2/c1-20-8-12-22(13-9-20)28(23-14-10-21(2)11-15-23)25-19-29(17-16-26(25)30)18-24-6-4-5-7-27(24)31-3/h4-15,25,28H,16-19H2,1-3H3. The minimum Gasteiger partial charge on any atom is -0.496 e. The van der Waals surface area contributed by atoms with Crippen LogP contribution in [0.15, 0.2) is 72.8 Å². The number of likely N-dealkylation sites (tertiary alicyclic amines) is 1. The van der Waals surface area contributed by atoms with Crippen LogP contribution in [0.5, 0.6) is 5.75 Å². The topological polar surface area (TPSA) is 29.5 Å². The lowest BCUT2D eigenvalue weighted by Gasteiger charge is -2.36. The van der Waals surface area contributed by atoms with Gasteiger partial charge in [-0.1, -0.05) is 77.9 Å². The maximum Gasteiger partial charge on any atom is 0.139 e. The Hall–Kier alpha value is -2.91. The van der Waals surface area contributed by atoms with E-state index in [1.807, 2.05) is 18.2 Å². The Balaban J connectivity index is 1.65. The largest absolute Gasteiger partial charge is 0.496 e. The predicted octanol–water partition coefficient (Wildman–Crippen LogP) is 5.54. The quantitative estimate of drug-likeness (QED) is 0.532. The number of Topliss-reactive ketones (excluding diaryl/α,β-unsaturated/α-hetero) is 1. The molecule has 31 heavy (non-hydrogen) atoms. The summed E-state index contributed by atoms with van der Waals surface area (Å²) in [7, 11) is 1.71. The third kappa shape index (κ3) is 4.88. The van der Waals surface area contributed by atoms with Crippen LogP contribution in [0.3, 0.4) is 0 Å². The molecule has 0 spiro atoms. The molecule has 3 nitrogen and oxygen atoms in total. The zero-order valence-corrected chi connectivity index (χ0v) is 18.7. The first-order chi connectivity index (χ1) is 15.0. The van der Waals surface area contributed by atoms with E-state index in [1.165, 1.54) is 27.8 Å². The Morgan fingerprint density at radius 3 is 2.06 bits per heavy atom. The number of carbonyl (C=O) groups is 1. The SMILES string of the molecule is COc1ccccc1CN1CCC(=O)C(C(c2ccc(C)cc2)c2ccc(C)cc2)C1. The summed E-state index contributed by atoms with van der Waals surface area (Å²) >= 11 is 0. The summed E-state index contributed by atoms with van der Waals surface area (Å²) in [6.45, 7) is 6.55. The number of methoxy groups -OCH3 is 1. The molecule has 4 rings (SSSR count). The van der Waals surface area contributed by atoms with Crippen LogP contribution in [-0.2, 0) is 11.3 Å². The molecule has 3 aromatic carbocycles. The van der Waals surface area contributed by atoms with Crippen molar-refractivity contribution in [2.45, 2.75) is 32.7 Å². The van der Waals surface area contributed by atoms with Crippen molar-refractivity contribution in [1.29, 1.82) is 0 Å². The van der Waals surface area contributed by atoms with Crippen molar-refractivity contribution in [2.24, 2.45) is 5.92 Å². The number of piperidine rings is 1. The molecule has 0 aromatic heterocycles. The van der Waals surface area contributed by atoms with Crippen molar-refractivity contribution in [2.75, 3.05) is 20.2 Å². The third-order valence-corrected chi connectivity index (χ3v) is 6.40. The fourth-order valence-electron chi connectivity index (χ4n) is 4.64. The zero-order chi connectivity index (χ0) is 21.8. The lowest BCUT2D eigenvalue weighted by molar-refractivity contribution is -0.126. The number of carbonyl (C=O) groups excluding carboxylic acids is 1. The number of ketones is 1. The molecule has 0 N–H and O–H groups in total. The lowest BCUT2D eigenvalue weighted by atomic mass is 9.76. The first-order valence-electron chi connectivity index (χ1n) is 11.0. The Labute approximate surface area is 185 Å². The Morgan fingerprint density at radius 1 is 0.903 bits per heavy atom. The van der Waals surface area contributed by atoms with Gasteiger partial charge in [-0.05, 0) is 31.0 Å². The molecule has 1 saturated heterocycles. The molecule has 1 unspecified atom stereocenters. The molecule has 1 aliphatic rings. The Morgan fingerprint density at radius 2 is 1.48 bits per heavy atom. The van der Waals surface area contributed by atoms with Crippen molar-refractivity contribution >= 4 is 5.78 Å². The second-order valence-electron chi connectivity index (χ2n) is 8.67. The average Bonchev–Trinajstić information content (AvgIpc) is 2.79. The van der Waals surface area contributed by atoms with Gasteiger partial charge in [0.2, 0.25) is 0 Å². The summed E-state index contributed by atoms with van der Waals surface area (Å²) in [6.07, 6.45) is 0.591. The van der Waals surface area contributed by atoms with Crippen LogP contribution in [0.25, 0.3) is 0 Å². The summed E-state index contributed by atoms with van der Waals surface area (Å²) in [4.78, 5) is 15.6. The van der Waals surface area contributed by atoms with Crippen LogP contribution in [0.4, 0.5) is 0 Å². The molecule has 160 valence electrons. The van der Waals surface area contributed by atoms with Crippen LogP contribution in [0.1, 0.15) is 40.2 Å². The van der Waals surface area contributed by atoms with Gasteiger partial charge in [0.15, 0.2) is 0 Å². The highest BCUT2D eigenvalue weighted by molar-refractivity contribution is 5.83. The van der Waals surface area contributed by atoms with Crippen molar-refractivity contribution in [3.8, 4) is 5.75 Å². The normalized spacial score (nSPS) is 17.2. The van der Waals surface area contributed by atoms with Crippen molar-refractivity contribution in [3.05, 3.63) is 101 Å². The Kier molecular flexibility index (Phi) is 6.53. The maximum atomic E-state index is 13.2. The van der Waals surface area contributed by atoms with Gasteiger partial charge < -0.3 is 4.74 Å². The van der Waals surface area contributed by atoms with Gasteiger partial charge in [0.05, 0.1) is 7.11 Å². The Bertz CT molecular complexity index is 978. The van der Waals surface area contributed by atoms with E-state index in [0.29, 0.717) is 12.2 Å². The fourth-order valence-corrected chi connectivity index (χ4v) is 4.64. The number of rotatable bonds is 6. The van der Waals surface area contributed by atoms with E-state index in [9.17, 15) is 4.79 Å². The second-order valence-corrected chi connectivity index (χ2v) is 8.67. The second kappa shape index (κ2) is 9.49. The van der Waals surface area contributed by atoms with Gasteiger partial charge in [0, 0.05) is 43.5 Å². The highest BCUT2D eigenvalue weighted by Crippen LogP contribution is 2.36. The van der Waals surface area contributed by atoms with Crippen LogP contribution in [-0.4, -0.2) is 30.9 Å². The van der Waals surface area contributed by atoms with Crippen LogP contribution in [0.2, 0.25) is 0 Å². The fraction of sp³-hybridized carbons (Fsp3) is 0.321. The minimum atomic E-state index is -0.0612. The van der Waals surface area contributed by atoms with E-state index in [0.717, 1.165) is 25.4 Å². The molecule has 3 heteroatoms. The highest BCUT2D eigenvalue weighted by Gasteiger charge is 2.35. The molecular formula is C28H31NO2. The van der Waals surface area contributed by atoms with E-state index >= 15 is 0 Å². The van der Waals surface area contributed by atoms with E-state index < -0.39 is 0 Å². The van der Waals surface area contributed by atoms with Crippen LogP contribution < -0.4 is 4.74 Å². The molecule has 1 aliphatic heterocycles. The van der Waals surface area contributed by atoms with Gasteiger partial charge in [0.1, 0.15) is 11.5 Å². The van der Waals surface area contributed by atoms with Gasteiger partial charge in [-0.3, -0.25) is 9.69 Å². The monoisotopic (exact) mass is 413 g/mol. The zero-order valence-electron chi connectivity index (χ0n) is 18.7. The molecule has 0 radical (unpaired) electrons. The summed E-state index contributed by atoms with van der Waals surface area (Å²) < 4.78 is 5.55. The average molecular weight is 414 g/mol. The predicted molar refractivity (Wildman–Crippen MR) is 126 cm³/mol. The molecule has 0 bridgehead atoms. The van der Waals surface area contributed by atoms with Crippen LogP contribution in [0, 0.1) is 19.8 Å². The third-order valence-electron chi connectivity index (χ3n) is 6.40. The highest BCUT2D eigenvalue weighted by atomic mass is 16.5. The van der Waals surface area contributed by atoms with Crippen molar-refractivity contribution in [1.82, 2.24) is 4.90 Å². The number of aryl methyl sites for hydroxylation is 2. The molecule has 1 atom stereocenters. The minimum absolute atomic E-state index is 0.0612. The van der Waals surface area contributed by atoms with Crippen molar-refractivity contribution < 1.29 is 9.53 Å². The summed E-state index contributed by atoms with van der Waals surface area (Å²) in [6, 6.07) is 25.5. The molecule has 1 fully saturated rings. The van der Waals surface area contributed by atoms with E-state index in [1.54, 1.807) is 7.11 Å². The van der Waals surface area contributed by atoms with E-state index in [-0.39, 0.29) is 11.8 Å². The number of ether oxygens (including phenoxy) is 1. The van der Waals surface area contributed by atoms with Gasteiger partial charge >= 0.3 is 0 Å². The summed E-state index contributed by atoms with van der Waals surface area (Å²) in [5.41, 5.74) is 6.07. The summed E-state index contributed by atoms with van der Waals surface area (Å²) in [5.74, 6) is 1.27. The lowest BCUT2D eigenvalue weighted by Crippen LogP contribution is -2.43. The smallest absolute Gasteiger partial charge is 0.139 e. The number of para-hydroxylation sites is 1. The van der Waals surface area contributed by atoms with Gasteiger partial charge in [-0.2, -0.15) is 0 Å². The van der Waals surface area contributed by atoms with E-state index in [2.05, 4.69) is 73.3 Å². The molecule has 0 aliphatic carbocycles. The first kappa shape index (κ1) is 21.3. The molecule has 0 saturated carbocycles. The van der Waals surface area contributed by atoms with E-state index in [4.69, 9.17) is 4.74 Å². The molecule has 1 heterocycles. The van der Waals surface area contributed by atoms with Crippen molar-refractivity contribution in [3.63, 3.8) is 0 Å². The first-order valence-corrected chi connectivity index (χ1v) is 11.0. The molecule has 3 aromatic rings. The van der Waals surface area contributed by atoms with Gasteiger partial charge in [0.25, 0.3) is 0 Å². The number of hydrogen-bond donors (Lipinski definition) is 0. The maximum absolute atomic E-state index is 13.2. The van der Waals surface area contributed by atoms with Gasteiger partial charge in [-0.15, -0.1) is 0 Å². The molecular weight excluding hydrogens is 382 g/mol. The number of hydrogen-bond acceptors (Lipinski definition) is 3. The number of benzene rings is 3. The molecule has 0 amide bonds. The van der Waals surface area contributed by atoms with Gasteiger partial charge in [-0.25, -0.2) is 0 Å². The summed E-state index contributed by atoms with van der Waals surface area (Å²) in [5, 5.41) is 0.